The van der Waals surface area contributed by atoms with Gasteiger partial charge in [0.15, 0.2) is 6.10 Å². The minimum atomic E-state index is -0.792. The van der Waals surface area contributed by atoms with E-state index in [4.69, 9.17) is 14.2 Å². The van der Waals surface area contributed by atoms with Crippen LogP contribution in [0.15, 0.2) is 72.9 Å². The molecule has 0 amide bonds. The Morgan fingerprint density at radius 2 is 0.592 bits per heavy atom. The van der Waals surface area contributed by atoms with Gasteiger partial charge in [0.05, 0.1) is 0 Å². The van der Waals surface area contributed by atoms with Gasteiger partial charge in [0.2, 0.25) is 0 Å². The Labute approximate surface area is 440 Å². The molecule has 0 aliphatic rings. The highest BCUT2D eigenvalue weighted by atomic mass is 16.6. The Kier molecular flexibility index (Phi) is 56.8. The smallest absolute Gasteiger partial charge is 0.306 e. The molecule has 0 radical (unpaired) electrons. The van der Waals surface area contributed by atoms with Gasteiger partial charge >= 0.3 is 17.9 Å². The van der Waals surface area contributed by atoms with Crippen molar-refractivity contribution in [2.75, 3.05) is 13.2 Å². The SMILES string of the molecule is CC/C=C\C/C=C\C/C=C\C/C=C\CCCCCCCCC(=O)OCC(COC(=O)CCCCC/C=C\C=C/CCCCCCCCC)OC(=O)CCCCCCCCCCCCCCCCCCCC. The van der Waals surface area contributed by atoms with Crippen molar-refractivity contribution < 1.29 is 28.6 Å². The average Bonchev–Trinajstić information content (AvgIpc) is 3.37. The third kappa shape index (κ3) is 57.6. The van der Waals surface area contributed by atoms with E-state index in [1.165, 1.54) is 161 Å². The summed E-state index contributed by atoms with van der Waals surface area (Å²) in [5.41, 5.74) is 0. The van der Waals surface area contributed by atoms with Crippen LogP contribution in [0.1, 0.15) is 303 Å². The fourth-order valence-corrected chi connectivity index (χ4v) is 8.66. The second-order valence-electron chi connectivity index (χ2n) is 20.3. The third-order valence-electron chi connectivity index (χ3n) is 13.2. The number of allylic oxidation sites excluding steroid dienone is 12. The van der Waals surface area contributed by atoms with Crippen LogP contribution < -0.4 is 0 Å². The molecule has 0 saturated carbocycles. The summed E-state index contributed by atoms with van der Waals surface area (Å²) in [5.74, 6) is -0.914. The summed E-state index contributed by atoms with van der Waals surface area (Å²) in [5, 5.41) is 0. The van der Waals surface area contributed by atoms with Gasteiger partial charge in [0, 0.05) is 19.3 Å². The summed E-state index contributed by atoms with van der Waals surface area (Å²) >= 11 is 0. The Morgan fingerprint density at radius 1 is 0.310 bits per heavy atom. The molecule has 0 rings (SSSR count). The van der Waals surface area contributed by atoms with Gasteiger partial charge in [-0.3, -0.25) is 14.4 Å². The van der Waals surface area contributed by atoms with E-state index in [0.29, 0.717) is 19.3 Å². The molecular weight excluding hydrogens is 877 g/mol. The number of hydrogen-bond acceptors (Lipinski definition) is 6. The van der Waals surface area contributed by atoms with Gasteiger partial charge < -0.3 is 14.2 Å². The fourth-order valence-electron chi connectivity index (χ4n) is 8.66. The molecule has 0 N–H and O–H groups in total. The molecule has 0 aromatic heterocycles. The summed E-state index contributed by atoms with van der Waals surface area (Å²) in [4.78, 5) is 38.2. The maximum Gasteiger partial charge on any atom is 0.306 e. The van der Waals surface area contributed by atoms with E-state index in [1.807, 2.05) is 0 Å². The number of rotatable bonds is 55. The van der Waals surface area contributed by atoms with Gasteiger partial charge in [0.25, 0.3) is 0 Å². The van der Waals surface area contributed by atoms with Gasteiger partial charge in [-0.1, -0.05) is 273 Å². The number of hydrogen-bond donors (Lipinski definition) is 0. The predicted molar refractivity (Wildman–Crippen MR) is 307 cm³/mol. The first-order chi connectivity index (χ1) is 35.0. The molecule has 0 aliphatic carbocycles. The van der Waals surface area contributed by atoms with Crippen LogP contribution in [0.2, 0.25) is 0 Å². The molecule has 0 aromatic rings. The number of unbranched alkanes of at least 4 members (excludes halogenated alkanes) is 33. The quantitative estimate of drug-likeness (QED) is 0.0199. The highest BCUT2D eigenvalue weighted by Crippen LogP contribution is 2.16. The van der Waals surface area contributed by atoms with Crippen molar-refractivity contribution in [2.45, 2.75) is 309 Å². The minimum absolute atomic E-state index is 0.0892. The lowest BCUT2D eigenvalue weighted by Gasteiger charge is -2.18. The normalized spacial score (nSPS) is 12.5. The maximum atomic E-state index is 12.9. The summed E-state index contributed by atoms with van der Waals surface area (Å²) in [6.45, 7) is 6.52. The molecule has 6 nitrogen and oxygen atoms in total. The van der Waals surface area contributed by atoms with E-state index in [2.05, 4.69) is 93.7 Å². The Hall–Kier alpha value is -3.15. The molecule has 0 fully saturated rings. The lowest BCUT2D eigenvalue weighted by Crippen LogP contribution is -2.30. The largest absolute Gasteiger partial charge is 0.462 e. The van der Waals surface area contributed by atoms with Crippen LogP contribution in [0.4, 0.5) is 0 Å². The highest BCUT2D eigenvalue weighted by molar-refractivity contribution is 5.71. The zero-order chi connectivity index (χ0) is 51.4. The lowest BCUT2D eigenvalue weighted by atomic mass is 10.0. The second-order valence-corrected chi connectivity index (χ2v) is 20.3. The Bertz CT molecular complexity index is 1320. The van der Waals surface area contributed by atoms with Crippen LogP contribution >= 0.6 is 0 Å². The molecule has 0 aromatic carbocycles. The minimum Gasteiger partial charge on any atom is -0.462 e. The van der Waals surface area contributed by atoms with Crippen molar-refractivity contribution in [3.05, 3.63) is 72.9 Å². The van der Waals surface area contributed by atoms with Gasteiger partial charge in [-0.2, -0.15) is 0 Å². The Balaban J connectivity index is 4.42. The maximum absolute atomic E-state index is 12.9. The zero-order valence-corrected chi connectivity index (χ0v) is 47.0. The van der Waals surface area contributed by atoms with Gasteiger partial charge in [0.1, 0.15) is 13.2 Å². The van der Waals surface area contributed by atoms with Crippen molar-refractivity contribution >= 4 is 17.9 Å². The number of ether oxygens (including phenoxy) is 3. The van der Waals surface area contributed by atoms with Crippen LogP contribution in [0.25, 0.3) is 0 Å². The predicted octanol–water partition coefficient (Wildman–Crippen LogP) is 20.5. The molecule has 0 bridgehead atoms. The van der Waals surface area contributed by atoms with Crippen LogP contribution in [0.3, 0.4) is 0 Å². The summed E-state index contributed by atoms with van der Waals surface area (Å²) in [6.07, 6.45) is 76.1. The Morgan fingerprint density at radius 3 is 0.958 bits per heavy atom. The first kappa shape index (κ1) is 67.8. The summed E-state index contributed by atoms with van der Waals surface area (Å²) in [7, 11) is 0. The molecule has 410 valence electrons. The van der Waals surface area contributed by atoms with Crippen molar-refractivity contribution in [3.8, 4) is 0 Å². The summed E-state index contributed by atoms with van der Waals surface area (Å²) in [6, 6.07) is 0. The van der Waals surface area contributed by atoms with Crippen molar-refractivity contribution in [1.82, 2.24) is 0 Å². The zero-order valence-electron chi connectivity index (χ0n) is 47.0. The molecular formula is C65H114O6. The van der Waals surface area contributed by atoms with E-state index < -0.39 is 6.10 Å². The molecule has 6 heteroatoms. The van der Waals surface area contributed by atoms with Gasteiger partial charge in [-0.25, -0.2) is 0 Å². The average molecular weight is 992 g/mol. The molecule has 1 atom stereocenters. The van der Waals surface area contributed by atoms with Crippen molar-refractivity contribution in [3.63, 3.8) is 0 Å². The van der Waals surface area contributed by atoms with E-state index in [0.717, 1.165) is 103 Å². The van der Waals surface area contributed by atoms with Crippen LogP contribution in [0, 0.1) is 0 Å². The van der Waals surface area contributed by atoms with E-state index in [1.54, 1.807) is 0 Å². The van der Waals surface area contributed by atoms with E-state index in [9.17, 15) is 14.4 Å². The summed E-state index contributed by atoms with van der Waals surface area (Å²) < 4.78 is 16.9. The van der Waals surface area contributed by atoms with Gasteiger partial charge in [-0.15, -0.1) is 0 Å². The molecule has 0 heterocycles. The third-order valence-corrected chi connectivity index (χ3v) is 13.2. The molecule has 0 saturated heterocycles. The molecule has 0 spiro atoms. The topological polar surface area (TPSA) is 78.9 Å². The lowest BCUT2D eigenvalue weighted by molar-refractivity contribution is -0.167. The van der Waals surface area contributed by atoms with Crippen molar-refractivity contribution in [1.29, 1.82) is 0 Å². The molecule has 0 aliphatic heterocycles. The monoisotopic (exact) mass is 991 g/mol. The van der Waals surface area contributed by atoms with Crippen LogP contribution in [-0.4, -0.2) is 37.2 Å². The number of carbonyl (C=O) groups excluding carboxylic acids is 3. The first-order valence-corrected chi connectivity index (χ1v) is 30.5. The van der Waals surface area contributed by atoms with Crippen LogP contribution in [0.5, 0.6) is 0 Å². The van der Waals surface area contributed by atoms with E-state index in [-0.39, 0.29) is 31.1 Å². The fraction of sp³-hybridized carbons (Fsp3) is 0.769. The number of esters is 3. The van der Waals surface area contributed by atoms with Crippen molar-refractivity contribution in [2.24, 2.45) is 0 Å². The van der Waals surface area contributed by atoms with E-state index >= 15 is 0 Å². The standard InChI is InChI=1S/C65H114O6/c1-4-7-10-13-16-19-22-25-28-31-33-35-37-40-43-46-49-52-55-58-64(67)70-61-62(60-69-63(66)57-54-51-48-45-42-39-36-30-27-24-21-18-15-12-9-6-3)71-65(68)59-56-53-50-47-44-41-38-34-32-29-26-23-20-17-14-11-8-5-2/h7,10,16,19,25,28,30,33,35-36,39,42,62H,4-6,8-9,11-15,17-18,20-24,26-27,29,31-32,34,37-38,40-41,43-61H2,1-3H3/b10-7-,19-16-,28-25-,35-33-,36-30-,42-39-. The second kappa shape index (κ2) is 59.4. The highest BCUT2D eigenvalue weighted by Gasteiger charge is 2.19. The molecule has 71 heavy (non-hydrogen) atoms. The first-order valence-electron chi connectivity index (χ1n) is 30.5. The number of carbonyl (C=O) groups is 3. The molecule has 1 unspecified atom stereocenters. The van der Waals surface area contributed by atoms with Crippen LogP contribution in [-0.2, 0) is 28.6 Å². The van der Waals surface area contributed by atoms with Gasteiger partial charge in [-0.05, 0) is 83.5 Å².